The molecule has 1 atom stereocenters. The van der Waals surface area contributed by atoms with Gasteiger partial charge >= 0.3 is 12.0 Å². The zero-order chi connectivity index (χ0) is 29.5. The van der Waals surface area contributed by atoms with Gasteiger partial charge in [-0.3, -0.25) is 14.6 Å². The van der Waals surface area contributed by atoms with Crippen molar-refractivity contribution >= 4 is 41.1 Å². The second-order valence-electron chi connectivity index (χ2n) is 9.69. The molecular formula is C30H34Cl2N4O5. The van der Waals surface area contributed by atoms with Gasteiger partial charge in [0.1, 0.15) is 5.75 Å². The third-order valence-electron chi connectivity index (χ3n) is 7.09. The van der Waals surface area contributed by atoms with Crippen LogP contribution in [0.5, 0.6) is 5.75 Å². The molecule has 2 aliphatic rings. The third kappa shape index (κ3) is 7.04. The van der Waals surface area contributed by atoms with E-state index in [4.69, 9.17) is 32.7 Å². The Hall–Kier alpha value is -3.53. The molecule has 3 amide bonds. The summed E-state index contributed by atoms with van der Waals surface area (Å²) < 4.78 is 10.7. The van der Waals surface area contributed by atoms with Crippen molar-refractivity contribution in [1.29, 1.82) is 0 Å². The molecule has 0 aliphatic carbocycles. The molecule has 9 nitrogen and oxygen atoms in total. The van der Waals surface area contributed by atoms with E-state index in [1.54, 1.807) is 62.6 Å². The lowest BCUT2D eigenvalue weighted by Crippen LogP contribution is -2.51. The molecule has 0 radical (unpaired) electrons. The Labute approximate surface area is 250 Å². The number of amides is 3. The molecule has 2 aromatic rings. The van der Waals surface area contributed by atoms with Crippen molar-refractivity contribution in [3.63, 3.8) is 0 Å². The van der Waals surface area contributed by atoms with E-state index in [0.717, 1.165) is 6.42 Å². The highest BCUT2D eigenvalue weighted by Crippen LogP contribution is 2.35. The molecule has 2 aliphatic heterocycles. The zero-order valence-electron chi connectivity index (χ0n) is 23.2. The molecule has 0 spiro atoms. The first-order chi connectivity index (χ1) is 19.8. The largest absolute Gasteiger partial charge is 0.497 e. The number of urea groups is 1. The lowest BCUT2D eigenvalue weighted by molar-refractivity contribution is -0.139. The van der Waals surface area contributed by atoms with Gasteiger partial charge in [-0.05, 0) is 49.2 Å². The predicted molar refractivity (Wildman–Crippen MR) is 158 cm³/mol. The molecule has 1 saturated heterocycles. The number of carbonyl (C=O) groups excluding carboxylic acids is 3. The van der Waals surface area contributed by atoms with E-state index >= 15 is 0 Å². The van der Waals surface area contributed by atoms with E-state index in [-0.39, 0.29) is 25.1 Å². The van der Waals surface area contributed by atoms with Gasteiger partial charge in [0.05, 0.1) is 35.4 Å². The van der Waals surface area contributed by atoms with Crippen LogP contribution in [0.25, 0.3) is 0 Å². The normalized spacial score (nSPS) is 18.0. The van der Waals surface area contributed by atoms with Crippen molar-refractivity contribution in [2.24, 2.45) is 0 Å². The van der Waals surface area contributed by atoms with Gasteiger partial charge in [0.25, 0.3) is 5.91 Å². The van der Waals surface area contributed by atoms with Crippen molar-refractivity contribution in [2.45, 2.75) is 19.4 Å². The van der Waals surface area contributed by atoms with Gasteiger partial charge in [0, 0.05) is 50.5 Å². The second-order valence-corrected chi connectivity index (χ2v) is 10.5. The molecule has 1 N–H and O–H groups in total. The van der Waals surface area contributed by atoms with E-state index in [9.17, 15) is 14.4 Å². The first-order valence-corrected chi connectivity index (χ1v) is 14.2. The van der Waals surface area contributed by atoms with Crippen LogP contribution in [0.3, 0.4) is 0 Å². The van der Waals surface area contributed by atoms with Crippen LogP contribution in [0, 0.1) is 0 Å². The fourth-order valence-corrected chi connectivity index (χ4v) is 5.38. The van der Waals surface area contributed by atoms with E-state index in [2.05, 4.69) is 16.8 Å². The third-order valence-corrected chi connectivity index (χ3v) is 7.83. The highest BCUT2D eigenvalue weighted by atomic mass is 35.5. The number of ether oxygens (including phenoxy) is 2. The first kappa shape index (κ1) is 30.4. The number of hydrogen-bond donors (Lipinski definition) is 1. The summed E-state index contributed by atoms with van der Waals surface area (Å²) in [5.74, 6) is 0.0274. The van der Waals surface area contributed by atoms with Crippen LogP contribution in [0.4, 0.5) is 4.79 Å². The van der Waals surface area contributed by atoms with Crippen LogP contribution in [-0.4, -0.2) is 85.6 Å². The number of benzene rings is 2. The summed E-state index contributed by atoms with van der Waals surface area (Å²) in [5, 5.41) is 3.61. The number of nitrogens with zero attached hydrogens (tertiary/aromatic N) is 3. The van der Waals surface area contributed by atoms with E-state index < -0.39 is 12.0 Å². The van der Waals surface area contributed by atoms with E-state index in [1.807, 2.05) is 4.90 Å². The molecule has 2 heterocycles. The molecule has 0 bridgehead atoms. The van der Waals surface area contributed by atoms with Crippen molar-refractivity contribution in [1.82, 2.24) is 20.0 Å². The first-order valence-electron chi connectivity index (χ1n) is 13.5. The molecule has 41 heavy (non-hydrogen) atoms. The van der Waals surface area contributed by atoms with Crippen molar-refractivity contribution in [3.8, 4) is 5.75 Å². The summed E-state index contributed by atoms with van der Waals surface area (Å²) in [6, 6.07) is 11.0. The zero-order valence-corrected chi connectivity index (χ0v) is 24.7. The standard InChI is InChI=1S/C30H34Cl2N4O5/c1-4-12-36-25(19-34-13-7-14-35(16-15-34)28(37)21-8-6-9-22(17-21)40-3)26(29(38)41-5-2)27(33-30(36)39)20-10-11-23(31)24(32)18-20/h4,6,8-11,17-18,27H,1,5,7,12-16,19H2,2-3H3,(H,33,39). The SMILES string of the molecule is C=CCN1C(=O)NC(c2ccc(Cl)c(Cl)c2)C(C(=O)OCC)=C1CN1CCCN(C(=O)c2cccc(OC)c2)CC1. The molecular weight excluding hydrogens is 567 g/mol. The van der Waals surface area contributed by atoms with Gasteiger partial charge in [-0.2, -0.15) is 0 Å². The monoisotopic (exact) mass is 600 g/mol. The Kier molecular flexibility index (Phi) is 10.3. The second kappa shape index (κ2) is 13.9. The fourth-order valence-electron chi connectivity index (χ4n) is 5.07. The Morgan fingerprint density at radius 3 is 2.61 bits per heavy atom. The summed E-state index contributed by atoms with van der Waals surface area (Å²) in [5.41, 5.74) is 2.02. The van der Waals surface area contributed by atoms with Crippen LogP contribution in [0.2, 0.25) is 10.0 Å². The van der Waals surface area contributed by atoms with E-state index in [1.165, 1.54) is 4.90 Å². The van der Waals surface area contributed by atoms with Crippen LogP contribution in [-0.2, 0) is 9.53 Å². The summed E-state index contributed by atoms with van der Waals surface area (Å²) in [7, 11) is 1.57. The smallest absolute Gasteiger partial charge is 0.338 e. The average Bonchev–Trinajstić information content (AvgIpc) is 3.21. The molecule has 218 valence electrons. The minimum atomic E-state index is -0.787. The maximum Gasteiger partial charge on any atom is 0.338 e. The number of esters is 1. The Morgan fingerprint density at radius 1 is 1.10 bits per heavy atom. The molecule has 11 heteroatoms. The molecule has 0 aromatic heterocycles. The van der Waals surface area contributed by atoms with Gasteiger partial charge in [-0.1, -0.05) is 41.4 Å². The summed E-state index contributed by atoms with van der Waals surface area (Å²) in [6.45, 7) is 8.50. The molecule has 0 saturated carbocycles. The van der Waals surface area contributed by atoms with Crippen LogP contribution >= 0.6 is 23.2 Å². The highest BCUT2D eigenvalue weighted by Gasteiger charge is 2.39. The minimum Gasteiger partial charge on any atom is -0.497 e. The summed E-state index contributed by atoms with van der Waals surface area (Å²) in [4.78, 5) is 45.5. The van der Waals surface area contributed by atoms with Gasteiger partial charge in [-0.25, -0.2) is 9.59 Å². The maximum atomic E-state index is 13.4. The van der Waals surface area contributed by atoms with Crippen LogP contribution in [0.15, 0.2) is 66.4 Å². The molecule has 1 fully saturated rings. The van der Waals surface area contributed by atoms with Crippen LogP contribution < -0.4 is 10.1 Å². The van der Waals surface area contributed by atoms with Crippen molar-refractivity contribution < 1.29 is 23.9 Å². The maximum absolute atomic E-state index is 13.4. The van der Waals surface area contributed by atoms with Gasteiger partial charge in [0.2, 0.25) is 0 Å². The number of methoxy groups -OCH3 is 1. The van der Waals surface area contributed by atoms with Crippen molar-refractivity contribution in [2.75, 3.05) is 53.0 Å². The van der Waals surface area contributed by atoms with Gasteiger partial charge in [-0.15, -0.1) is 6.58 Å². The van der Waals surface area contributed by atoms with Crippen LogP contribution in [0.1, 0.15) is 35.3 Å². The number of hydrogen-bond acceptors (Lipinski definition) is 6. The molecule has 2 aromatic carbocycles. The Morgan fingerprint density at radius 2 is 1.90 bits per heavy atom. The number of rotatable bonds is 9. The minimum absolute atomic E-state index is 0.0674. The van der Waals surface area contributed by atoms with Gasteiger partial charge in [0.15, 0.2) is 0 Å². The Balaban J connectivity index is 1.65. The number of carbonyl (C=O) groups is 3. The quantitative estimate of drug-likeness (QED) is 0.324. The number of nitrogens with one attached hydrogen (secondary N) is 1. The lowest BCUT2D eigenvalue weighted by atomic mass is 9.94. The van der Waals surface area contributed by atoms with Gasteiger partial charge < -0.3 is 19.7 Å². The van der Waals surface area contributed by atoms with Crippen molar-refractivity contribution in [3.05, 3.63) is 87.6 Å². The molecule has 1 unspecified atom stereocenters. The fraction of sp³-hybridized carbons (Fsp3) is 0.367. The summed E-state index contributed by atoms with van der Waals surface area (Å²) >= 11 is 12.4. The number of halogens is 2. The predicted octanol–water partition coefficient (Wildman–Crippen LogP) is 4.92. The lowest BCUT2D eigenvalue weighted by Gasteiger charge is -2.38. The summed E-state index contributed by atoms with van der Waals surface area (Å²) in [6.07, 6.45) is 2.33. The molecule has 4 rings (SSSR count). The topological polar surface area (TPSA) is 91.4 Å². The average molecular weight is 602 g/mol. The Bertz CT molecular complexity index is 1350. The van der Waals surface area contributed by atoms with E-state index in [0.29, 0.717) is 70.9 Å². The highest BCUT2D eigenvalue weighted by molar-refractivity contribution is 6.42.